The van der Waals surface area contributed by atoms with E-state index in [0.29, 0.717) is 16.3 Å². The monoisotopic (exact) mass is 227 g/mol. The van der Waals surface area contributed by atoms with Gasteiger partial charge in [0.2, 0.25) is 0 Å². The maximum Gasteiger partial charge on any atom is 0.124 e. The molecule has 1 aromatic heterocycles. The second kappa shape index (κ2) is 3.59. The highest BCUT2D eigenvalue weighted by atomic mass is 35.5. The van der Waals surface area contributed by atoms with E-state index in [1.165, 1.54) is 23.5 Å². The molecule has 0 saturated heterocycles. The molecule has 0 bridgehead atoms. The summed E-state index contributed by atoms with van der Waals surface area (Å²) in [5, 5.41) is 2.45. The van der Waals surface area contributed by atoms with Gasteiger partial charge in [0.25, 0.3) is 0 Å². The van der Waals surface area contributed by atoms with E-state index in [-0.39, 0.29) is 5.82 Å². The van der Waals surface area contributed by atoms with Gasteiger partial charge in [-0.1, -0.05) is 11.6 Å². The van der Waals surface area contributed by atoms with Crippen LogP contribution in [0.2, 0.25) is 5.02 Å². The van der Waals surface area contributed by atoms with Gasteiger partial charge in [-0.15, -0.1) is 11.3 Å². The fourth-order valence-electron chi connectivity index (χ4n) is 1.21. The smallest absolute Gasteiger partial charge is 0.124 e. The molecule has 0 fully saturated rings. The minimum Gasteiger partial charge on any atom is -0.398 e. The Morgan fingerprint density at radius 3 is 2.71 bits per heavy atom. The largest absolute Gasteiger partial charge is 0.398 e. The van der Waals surface area contributed by atoms with E-state index in [0.717, 1.165) is 4.88 Å². The van der Waals surface area contributed by atoms with Gasteiger partial charge in [0.15, 0.2) is 0 Å². The molecule has 1 aromatic carbocycles. The lowest BCUT2D eigenvalue weighted by atomic mass is 10.1. The van der Waals surface area contributed by atoms with Crippen LogP contribution in [-0.4, -0.2) is 0 Å². The van der Waals surface area contributed by atoms with E-state index in [2.05, 4.69) is 0 Å². The minimum atomic E-state index is -0.307. The Kier molecular flexibility index (Phi) is 2.44. The zero-order valence-corrected chi connectivity index (χ0v) is 8.70. The van der Waals surface area contributed by atoms with Crippen LogP contribution in [0, 0.1) is 5.82 Å². The second-order valence-electron chi connectivity index (χ2n) is 2.83. The van der Waals surface area contributed by atoms with Crippen LogP contribution in [0.4, 0.5) is 10.1 Å². The van der Waals surface area contributed by atoms with Crippen LogP contribution in [0.25, 0.3) is 10.4 Å². The molecule has 0 aliphatic rings. The summed E-state index contributed by atoms with van der Waals surface area (Å²) < 4.78 is 13.0. The number of halogens is 2. The lowest BCUT2D eigenvalue weighted by molar-refractivity contribution is 0.628. The molecule has 2 N–H and O–H groups in total. The summed E-state index contributed by atoms with van der Waals surface area (Å²) in [7, 11) is 0. The van der Waals surface area contributed by atoms with E-state index in [4.69, 9.17) is 17.3 Å². The fourth-order valence-corrected chi connectivity index (χ4v) is 2.41. The van der Waals surface area contributed by atoms with Crippen molar-refractivity contribution in [2.45, 2.75) is 0 Å². The quantitative estimate of drug-likeness (QED) is 0.737. The Bertz CT molecular complexity index is 467. The zero-order valence-electron chi connectivity index (χ0n) is 7.13. The summed E-state index contributed by atoms with van der Waals surface area (Å²) in [6.07, 6.45) is 0. The molecule has 0 spiro atoms. The highest BCUT2D eigenvalue weighted by molar-refractivity contribution is 7.14. The van der Waals surface area contributed by atoms with Crippen LogP contribution in [0.3, 0.4) is 0 Å². The molecular weight excluding hydrogens is 221 g/mol. The van der Waals surface area contributed by atoms with Gasteiger partial charge in [0, 0.05) is 11.3 Å². The summed E-state index contributed by atoms with van der Waals surface area (Å²) in [5.74, 6) is -0.307. The predicted molar refractivity (Wildman–Crippen MR) is 59.1 cm³/mol. The molecule has 2 aromatic rings. The van der Waals surface area contributed by atoms with Gasteiger partial charge < -0.3 is 5.73 Å². The van der Waals surface area contributed by atoms with Crippen LogP contribution in [0.5, 0.6) is 0 Å². The first-order valence-corrected chi connectivity index (χ1v) is 5.22. The first-order valence-electron chi connectivity index (χ1n) is 3.97. The van der Waals surface area contributed by atoms with Gasteiger partial charge in [0.05, 0.1) is 9.90 Å². The molecule has 0 atom stereocenters. The number of anilines is 1. The topological polar surface area (TPSA) is 26.0 Å². The number of thiophene rings is 1. The highest BCUT2D eigenvalue weighted by Gasteiger charge is 2.09. The van der Waals surface area contributed by atoms with Crippen molar-refractivity contribution in [2.75, 3.05) is 5.73 Å². The standard InChI is InChI=1S/C10H7ClFNS/c11-8-3-4-14-10(8)7-5-6(12)1-2-9(7)13/h1-5H,13H2. The number of hydrogen-bond acceptors (Lipinski definition) is 2. The molecule has 14 heavy (non-hydrogen) atoms. The number of hydrogen-bond donors (Lipinski definition) is 1. The van der Waals surface area contributed by atoms with Crippen LogP contribution in [0.15, 0.2) is 29.6 Å². The van der Waals surface area contributed by atoms with Crippen molar-refractivity contribution in [2.24, 2.45) is 0 Å². The van der Waals surface area contributed by atoms with Gasteiger partial charge in [0.1, 0.15) is 5.82 Å². The molecule has 0 aliphatic carbocycles. The maximum absolute atomic E-state index is 13.0. The van der Waals surface area contributed by atoms with Gasteiger partial charge in [-0.2, -0.15) is 0 Å². The predicted octanol–water partition coefficient (Wildman–Crippen LogP) is 3.79. The van der Waals surface area contributed by atoms with Crippen molar-refractivity contribution in [3.05, 3.63) is 40.5 Å². The van der Waals surface area contributed by atoms with Crippen molar-refractivity contribution < 1.29 is 4.39 Å². The maximum atomic E-state index is 13.0. The minimum absolute atomic E-state index is 0.307. The Balaban J connectivity index is 2.62. The van der Waals surface area contributed by atoms with Gasteiger partial charge >= 0.3 is 0 Å². The summed E-state index contributed by atoms with van der Waals surface area (Å²) >= 11 is 7.38. The summed E-state index contributed by atoms with van der Waals surface area (Å²) in [4.78, 5) is 0.809. The first-order chi connectivity index (χ1) is 6.68. The Hall–Kier alpha value is -1.06. The van der Waals surface area contributed by atoms with Crippen molar-refractivity contribution in [3.8, 4) is 10.4 Å². The number of rotatable bonds is 1. The lowest BCUT2D eigenvalue weighted by Gasteiger charge is -2.03. The molecule has 0 saturated carbocycles. The third-order valence-electron chi connectivity index (χ3n) is 1.88. The molecule has 72 valence electrons. The average Bonchev–Trinajstić information content (AvgIpc) is 2.56. The Labute approximate surface area is 89.9 Å². The third kappa shape index (κ3) is 1.61. The van der Waals surface area contributed by atoms with E-state index in [1.54, 1.807) is 12.1 Å². The van der Waals surface area contributed by atoms with Gasteiger partial charge in [-0.05, 0) is 29.6 Å². The molecule has 2 rings (SSSR count). The molecular formula is C10H7ClFNS. The molecule has 0 unspecified atom stereocenters. The highest BCUT2D eigenvalue weighted by Crippen LogP contribution is 2.36. The Morgan fingerprint density at radius 1 is 1.29 bits per heavy atom. The van der Waals surface area contributed by atoms with Crippen LogP contribution >= 0.6 is 22.9 Å². The third-order valence-corrected chi connectivity index (χ3v) is 3.25. The van der Waals surface area contributed by atoms with Crippen LogP contribution in [0.1, 0.15) is 0 Å². The molecule has 0 amide bonds. The summed E-state index contributed by atoms with van der Waals surface area (Å²) in [6.45, 7) is 0. The molecule has 1 heterocycles. The second-order valence-corrected chi connectivity index (χ2v) is 4.15. The first kappa shape index (κ1) is 9.49. The van der Waals surface area contributed by atoms with Crippen LogP contribution < -0.4 is 5.73 Å². The fraction of sp³-hybridized carbons (Fsp3) is 0. The summed E-state index contributed by atoms with van der Waals surface area (Å²) in [6, 6.07) is 6.04. The lowest BCUT2D eigenvalue weighted by Crippen LogP contribution is -1.89. The van der Waals surface area contributed by atoms with E-state index < -0.39 is 0 Å². The number of benzene rings is 1. The van der Waals surface area contributed by atoms with Gasteiger partial charge in [-0.3, -0.25) is 0 Å². The van der Waals surface area contributed by atoms with Crippen molar-refractivity contribution in [1.29, 1.82) is 0 Å². The zero-order chi connectivity index (χ0) is 10.1. The molecule has 0 radical (unpaired) electrons. The number of nitrogen functional groups attached to an aromatic ring is 1. The van der Waals surface area contributed by atoms with E-state index in [1.807, 2.05) is 5.38 Å². The Morgan fingerprint density at radius 2 is 2.07 bits per heavy atom. The normalized spacial score (nSPS) is 10.4. The van der Waals surface area contributed by atoms with E-state index in [9.17, 15) is 4.39 Å². The van der Waals surface area contributed by atoms with Gasteiger partial charge in [-0.25, -0.2) is 4.39 Å². The summed E-state index contributed by atoms with van der Waals surface area (Å²) in [5.41, 5.74) is 6.93. The van der Waals surface area contributed by atoms with Crippen molar-refractivity contribution in [3.63, 3.8) is 0 Å². The average molecular weight is 228 g/mol. The van der Waals surface area contributed by atoms with Crippen molar-refractivity contribution >= 4 is 28.6 Å². The van der Waals surface area contributed by atoms with Crippen molar-refractivity contribution in [1.82, 2.24) is 0 Å². The van der Waals surface area contributed by atoms with Crippen LogP contribution in [-0.2, 0) is 0 Å². The number of nitrogens with two attached hydrogens (primary N) is 1. The molecule has 4 heteroatoms. The molecule has 0 aliphatic heterocycles. The van der Waals surface area contributed by atoms with E-state index >= 15 is 0 Å². The molecule has 1 nitrogen and oxygen atoms in total. The SMILES string of the molecule is Nc1ccc(F)cc1-c1sccc1Cl.